The molecule has 0 radical (unpaired) electrons. The lowest BCUT2D eigenvalue weighted by molar-refractivity contribution is -0.130. The van der Waals surface area contributed by atoms with E-state index in [1.165, 1.54) is 6.42 Å². The molecule has 1 fully saturated rings. The van der Waals surface area contributed by atoms with Gasteiger partial charge in [-0.1, -0.05) is 0 Å². The lowest BCUT2D eigenvalue weighted by Crippen LogP contribution is -2.39. The topological polar surface area (TPSA) is 58.1 Å². The minimum atomic E-state index is 0.141. The van der Waals surface area contributed by atoms with Crippen LogP contribution in [-0.4, -0.2) is 40.4 Å². The lowest BCUT2D eigenvalue weighted by Gasteiger charge is -2.26. The van der Waals surface area contributed by atoms with Crippen molar-refractivity contribution in [1.29, 1.82) is 0 Å². The van der Waals surface area contributed by atoms with Crippen LogP contribution in [0.5, 0.6) is 0 Å². The molecular weight excluding hydrogens is 296 g/mol. The summed E-state index contributed by atoms with van der Waals surface area (Å²) in [4.78, 5) is 22.2. The maximum atomic E-state index is 11.9. The van der Waals surface area contributed by atoms with Gasteiger partial charge in [0.2, 0.25) is 5.91 Å². The van der Waals surface area contributed by atoms with Gasteiger partial charge in [-0.05, 0) is 42.1 Å². The average molecular weight is 313 g/mol. The molecule has 0 aromatic carbocycles. The molecule has 0 aliphatic carbocycles. The van der Waals surface area contributed by atoms with Crippen LogP contribution in [0.25, 0.3) is 0 Å². The van der Waals surface area contributed by atoms with Crippen molar-refractivity contribution in [3.05, 3.63) is 16.5 Å². The van der Waals surface area contributed by atoms with Gasteiger partial charge in [-0.25, -0.2) is 9.97 Å². The van der Waals surface area contributed by atoms with E-state index in [0.717, 1.165) is 30.5 Å². The number of carbonyl (C=O) groups is 1. The summed E-state index contributed by atoms with van der Waals surface area (Å²) in [5, 5.41) is 3.05. The summed E-state index contributed by atoms with van der Waals surface area (Å²) in [6.45, 7) is 3.88. The molecule has 1 N–H and O–H groups in total. The minimum Gasteiger partial charge on any atom is -0.361 e. The molecule has 1 saturated heterocycles. The first-order valence-corrected chi connectivity index (χ1v) is 6.97. The molecule has 1 amide bonds. The zero-order valence-electron chi connectivity index (χ0n) is 10.4. The number of aromatic nitrogens is 2. The molecule has 98 valence electrons. The summed E-state index contributed by atoms with van der Waals surface area (Å²) in [6, 6.07) is 1.77. The number of aryl methyl sites for hydroxylation is 1. The van der Waals surface area contributed by atoms with E-state index in [0.29, 0.717) is 18.2 Å². The number of hydrogen-bond acceptors (Lipinski definition) is 4. The molecule has 1 aliphatic rings. The van der Waals surface area contributed by atoms with Gasteiger partial charge in [0.1, 0.15) is 16.2 Å². The Balaban J connectivity index is 1.88. The fourth-order valence-corrected chi connectivity index (χ4v) is 2.52. The molecule has 0 saturated carbocycles. The molecule has 0 spiro atoms. The summed E-state index contributed by atoms with van der Waals surface area (Å²) in [5.74, 6) is 1.50. The highest BCUT2D eigenvalue weighted by Gasteiger charge is 2.16. The van der Waals surface area contributed by atoms with Crippen LogP contribution in [0.2, 0.25) is 0 Å². The van der Waals surface area contributed by atoms with Crippen LogP contribution in [0, 0.1) is 6.92 Å². The first-order chi connectivity index (χ1) is 8.65. The predicted molar refractivity (Wildman–Crippen MR) is 73.4 cm³/mol. The third-order valence-corrected chi connectivity index (χ3v) is 3.34. The molecular formula is C12H17BrN4O. The van der Waals surface area contributed by atoms with Gasteiger partial charge in [0.15, 0.2) is 0 Å². The number of nitrogens with zero attached hydrogens (tertiary/aromatic N) is 3. The van der Waals surface area contributed by atoms with E-state index in [4.69, 9.17) is 0 Å². The number of carbonyl (C=O) groups excluding carboxylic acids is 1. The van der Waals surface area contributed by atoms with Crippen LogP contribution >= 0.6 is 15.9 Å². The fraction of sp³-hybridized carbons (Fsp3) is 0.583. The average Bonchev–Trinajstić information content (AvgIpc) is 2.36. The van der Waals surface area contributed by atoms with Gasteiger partial charge >= 0.3 is 0 Å². The van der Waals surface area contributed by atoms with Crippen LogP contribution in [-0.2, 0) is 4.79 Å². The number of hydrogen-bond donors (Lipinski definition) is 1. The Morgan fingerprint density at radius 2 is 2.11 bits per heavy atom. The van der Waals surface area contributed by atoms with Crippen molar-refractivity contribution in [2.75, 3.05) is 25.0 Å². The monoisotopic (exact) mass is 312 g/mol. The predicted octanol–water partition coefficient (Wildman–Crippen LogP) is 1.97. The quantitative estimate of drug-likeness (QED) is 0.867. The second-order valence-corrected chi connectivity index (χ2v) is 5.23. The molecule has 6 heteroatoms. The van der Waals surface area contributed by atoms with Gasteiger partial charge in [0.25, 0.3) is 0 Å². The van der Waals surface area contributed by atoms with E-state index < -0.39 is 0 Å². The van der Waals surface area contributed by atoms with Crippen molar-refractivity contribution in [3.8, 4) is 0 Å². The normalized spacial score (nSPS) is 15.6. The van der Waals surface area contributed by atoms with Crippen molar-refractivity contribution in [3.63, 3.8) is 0 Å². The van der Waals surface area contributed by atoms with Crippen molar-refractivity contribution in [1.82, 2.24) is 14.9 Å². The number of halogens is 1. The van der Waals surface area contributed by atoms with Gasteiger partial charge in [-0.2, -0.15) is 0 Å². The van der Waals surface area contributed by atoms with Crippen molar-refractivity contribution in [2.24, 2.45) is 0 Å². The number of amides is 1. The van der Waals surface area contributed by atoms with Gasteiger partial charge in [-0.3, -0.25) is 4.79 Å². The third kappa shape index (κ3) is 3.66. The van der Waals surface area contributed by atoms with E-state index in [1.807, 2.05) is 11.8 Å². The number of nitrogens with one attached hydrogen (secondary N) is 1. The van der Waals surface area contributed by atoms with Crippen LogP contribution in [0.3, 0.4) is 0 Å². The SMILES string of the molecule is Cc1nc(Br)cc(NCC(=O)N2CCCCC2)n1. The Kier molecular flexibility index (Phi) is 4.52. The van der Waals surface area contributed by atoms with E-state index in [9.17, 15) is 4.79 Å². The molecule has 0 unspecified atom stereocenters. The number of piperidine rings is 1. The molecule has 2 heterocycles. The number of anilines is 1. The van der Waals surface area contributed by atoms with Crippen molar-refractivity contribution >= 4 is 27.7 Å². The van der Waals surface area contributed by atoms with Gasteiger partial charge < -0.3 is 10.2 Å². The van der Waals surface area contributed by atoms with Gasteiger partial charge in [0, 0.05) is 19.2 Å². The van der Waals surface area contributed by atoms with Crippen LogP contribution in [0.4, 0.5) is 5.82 Å². The van der Waals surface area contributed by atoms with Crippen molar-refractivity contribution < 1.29 is 4.79 Å². The fourth-order valence-electron chi connectivity index (χ4n) is 2.04. The summed E-state index contributed by atoms with van der Waals surface area (Å²) >= 11 is 3.31. The Morgan fingerprint density at radius 3 is 2.78 bits per heavy atom. The summed E-state index contributed by atoms with van der Waals surface area (Å²) < 4.78 is 0.725. The number of likely N-dealkylation sites (tertiary alicyclic amines) is 1. The second kappa shape index (κ2) is 6.13. The first kappa shape index (κ1) is 13.3. The summed E-state index contributed by atoms with van der Waals surface area (Å²) in [5.41, 5.74) is 0. The zero-order chi connectivity index (χ0) is 13.0. The van der Waals surface area contributed by atoms with Crippen LogP contribution < -0.4 is 5.32 Å². The molecule has 18 heavy (non-hydrogen) atoms. The first-order valence-electron chi connectivity index (χ1n) is 6.18. The van der Waals surface area contributed by atoms with Gasteiger partial charge in [-0.15, -0.1) is 0 Å². The Hall–Kier alpha value is -1.17. The van der Waals surface area contributed by atoms with E-state index in [2.05, 4.69) is 31.2 Å². The third-order valence-electron chi connectivity index (χ3n) is 2.94. The maximum absolute atomic E-state index is 11.9. The molecule has 2 rings (SSSR count). The smallest absolute Gasteiger partial charge is 0.241 e. The molecule has 1 aromatic heterocycles. The van der Waals surface area contributed by atoms with E-state index in [1.54, 1.807) is 6.07 Å². The van der Waals surface area contributed by atoms with E-state index in [-0.39, 0.29) is 5.91 Å². The minimum absolute atomic E-state index is 0.141. The molecule has 5 nitrogen and oxygen atoms in total. The standard InChI is InChI=1S/C12H17BrN4O/c1-9-15-10(13)7-11(16-9)14-8-12(18)17-5-3-2-4-6-17/h7H,2-6,8H2,1H3,(H,14,15,16). The van der Waals surface area contributed by atoms with E-state index >= 15 is 0 Å². The molecule has 1 aliphatic heterocycles. The maximum Gasteiger partial charge on any atom is 0.241 e. The summed E-state index contributed by atoms with van der Waals surface area (Å²) in [7, 11) is 0. The van der Waals surface area contributed by atoms with Crippen LogP contribution in [0.1, 0.15) is 25.1 Å². The molecule has 0 atom stereocenters. The Bertz CT molecular complexity index is 412. The summed E-state index contributed by atoms with van der Waals surface area (Å²) in [6.07, 6.45) is 3.46. The lowest BCUT2D eigenvalue weighted by atomic mass is 10.1. The highest BCUT2D eigenvalue weighted by Crippen LogP contribution is 2.12. The van der Waals surface area contributed by atoms with Crippen LogP contribution in [0.15, 0.2) is 10.7 Å². The largest absolute Gasteiger partial charge is 0.361 e. The van der Waals surface area contributed by atoms with Gasteiger partial charge in [0.05, 0.1) is 6.54 Å². The zero-order valence-corrected chi connectivity index (χ0v) is 12.0. The molecule has 0 bridgehead atoms. The van der Waals surface area contributed by atoms with Crippen molar-refractivity contribution in [2.45, 2.75) is 26.2 Å². The number of rotatable bonds is 3. The second-order valence-electron chi connectivity index (χ2n) is 4.42. The Morgan fingerprint density at radius 1 is 1.39 bits per heavy atom. The Labute approximate surface area is 115 Å². The highest BCUT2D eigenvalue weighted by molar-refractivity contribution is 9.10. The molecule has 1 aromatic rings. The highest BCUT2D eigenvalue weighted by atomic mass is 79.9.